The number of carbonyl (C=O) groups excluding carboxylic acids is 1. The molecule has 0 aromatic heterocycles. The molecule has 1 aliphatic carbocycles. The summed E-state index contributed by atoms with van der Waals surface area (Å²) in [7, 11) is 1.41. The van der Waals surface area contributed by atoms with E-state index in [-0.39, 0.29) is 5.97 Å². The van der Waals surface area contributed by atoms with Crippen LogP contribution >= 0.6 is 0 Å². The average Bonchev–Trinajstić information content (AvgIpc) is 2.48. The number of hydrogen-bond acceptors (Lipinski definition) is 3. The van der Waals surface area contributed by atoms with Gasteiger partial charge in [0, 0.05) is 6.08 Å². The van der Waals surface area contributed by atoms with E-state index in [0.29, 0.717) is 6.10 Å². The largest absolute Gasteiger partial charge is 0.466 e. The molecule has 1 aliphatic rings. The molecule has 0 amide bonds. The fourth-order valence-electron chi connectivity index (χ4n) is 2.60. The van der Waals surface area contributed by atoms with Crippen LogP contribution in [0.2, 0.25) is 0 Å². The summed E-state index contributed by atoms with van der Waals surface area (Å²) in [6.07, 6.45) is 13.7. The fraction of sp³-hybridized carbons (Fsp3) is 0.722. The van der Waals surface area contributed by atoms with Crippen LogP contribution < -0.4 is 0 Å². The number of allylic oxidation sites excluding steroid dienone is 2. The molecule has 0 aromatic rings. The minimum absolute atomic E-state index is 0.269. The maximum absolute atomic E-state index is 11.1. The number of ether oxygens (including phenoxy) is 2. The van der Waals surface area contributed by atoms with Gasteiger partial charge in [0.05, 0.1) is 19.8 Å². The second-order valence-corrected chi connectivity index (χ2v) is 5.98. The molecule has 0 spiro atoms. The Labute approximate surface area is 129 Å². The third-order valence-electron chi connectivity index (χ3n) is 4.00. The summed E-state index contributed by atoms with van der Waals surface area (Å²) in [6.45, 7) is 4.96. The number of rotatable bonds is 8. The maximum Gasteiger partial charge on any atom is 0.330 e. The molecule has 120 valence electrons. The van der Waals surface area contributed by atoms with Gasteiger partial charge in [-0.05, 0) is 46.0 Å². The molecule has 21 heavy (non-hydrogen) atoms. The third kappa shape index (κ3) is 8.71. The van der Waals surface area contributed by atoms with Crippen LogP contribution in [0.4, 0.5) is 0 Å². The minimum Gasteiger partial charge on any atom is -0.466 e. The third-order valence-corrected chi connectivity index (χ3v) is 4.00. The van der Waals surface area contributed by atoms with Crippen LogP contribution in [-0.2, 0) is 14.3 Å². The lowest BCUT2D eigenvalue weighted by atomic mass is 9.98. The number of hydrogen-bond donors (Lipinski definition) is 0. The Morgan fingerprint density at radius 2 is 1.81 bits per heavy atom. The van der Waals surface area contributed by atoms with Gasteiger partial charge in [-0.3, -0.25) is 0 Å². The molecule has 1 fully saturated rings. The smallest absolute Gasteiger partial charge is 0.330 e. The predicted octanol–water partition coefficient (Wildman–Crippen LogP) is 4.57. The Kier molecular flexibility index (Phi) is 9.07. The van der Waals surface area contributed by atoms with E-state index in [1.165, 1.54) is 44.8 Å². The van der Waals surface area contributed by atoms with Crippen LogP contribution in [0.25, 0.3) is 0 Å². The zero-order valence-corrected chi connectivity index (χ0v) is 13.8. The van der Waals surface area contributed by atoms with Gasteiger partial charge < -0.3 is 9.47 Å². The maximum atomic E-state index is 11.1. The minimum atomic E-state index is -0.269. The lowest BCUT2D eigenvalue weighted by molar-refractivity contribution is -0.134. The van der Waals surface area contributed by atoms with Gasteiger partial charge in [-0.25, -0.2) is 4.79 Å². The zero-order chi connectivity index (χ0) is 15.5. The van der Waals surface area contributed by atoms with Crippen molar-refractivity contribution in [3.63, 3.8) is 0 Å². The summed E-state index contributed by atoms with van der Waals surface area (Å²) >= 11 is 0. The van der Waals surface area contributed by atoms with E-state index >= 15 is 0 Å². The molecule has 0 N–H and O–H groups in total. The van der Waals surface area contributed by atoms with E-state index in [0.717, 1.165) is 31.4 Å². The Morgan fingerprint density at radius 3 is 2.48 bits per heavy atom. The van der Waals surface area contributed by atoms with Crippen molar-refractivity contribution in [1.29, 1.82) is 0 Å². The van der Waals surface area contributed by atoms with Crippen LogP contribution in [-0.4, -0.2) is 25.8 Å². The highest BCUT2D eigenvalue weighted by molar-refractivity contribution is 5.82. The zero-order valence-electron chi connectivity index (χ0n) is 13.8. The topological polar surface area (TPSA) is 35.5 Å². The first kappa shape index (κ1) is 18.0. The molecule has 1 saturated carbocycles. The molecule has 0 atom stereocenters. The van der Waals surface area contributed by atoms with Crippen molar-refractivity contribution in [2.45, 2.75) is 71.3 Å². The van der Waals surface area contributed by atoms with Crippen LogP contribution in [0, 0.1) is 0 Å². The number of carbonyl (C=O) groups is 1. The molecule has 0 aromatic carbocycles. The van der Waals surface area contributed by atoms with Gasteiger partial charge in [0.25, 0.3) is 0 Å². The molecular formula is C18H30O3. The van der Waals surface area contributed by atoms with Crippen molar-refractivity contribution in [3.05, 3.63) is 23.3 Å². The predicted molar refractivity (Wildman–Crippen MR) is 86.2 cm³/mol. The summed E-state index contributed by atoms with van der Waals surface area (Å²) in [6, 6.07) is 0. The lowest BCUT2D eigenvalue weighted by Crippen LogP contribution is -2.17. The molecule has 3 heteroatoms. The Balaban J connectivity index is 2.14. The highest BCUT2D eigenvalue weighted by atomic mass is 16.5. The molecular weight excluding hydrogens is 264 g/mol. The van der Waals surface area contributed by atoms with Gasteiger partial charge in [-0.1, -0.05) is 36.5 Å². The molecule has 0 unspecified atom stereocenters. The van der Waals surface area contributed by atoms with Gasteiger partial charge >= 0.3 is 5.97 Å². The standard InChI is InChI=1S/C18H30O3/c1-15(8-7-9-16(2)14-18(19)20-3)12-13-21-17-10-5-4-6-11-17/h8,14,17H,4-7,9-13H2,1-3H3. The van der Waals surface area contributed by atoms with Crippen molar-refractivity contribution in [3.8, 4) is 0 Å². The molecule has 0 radical (unpaired) electrons. The molecule has 0 saturated heterocycles. The molecule has 3 nitrogen and oxygen atoms in total. The summed E-state index contributed by atoms with van der Waals surface area (Å²) in [5.74, 6) is -0.269. The quantitative estimate of drug-likeness (QED) is 0.373. The van der Waals surface area contributed by atoms with Gasteiger partial charge in [-0.15, -0.1) is 0 Å². The van der Waals surface area contributed by atoms with Gasteiger partial charge in [0.2, 0.25) is 0 Å². The number of esters is 1. The van der Waals surface area contributed by atoms with E-state index in [9.17, 15) is 4.79 Å². The monoisotopic (exact) mass is 294 g/mol. The van der Waals surface area contributed by atoms with Crippen LogP contribution in [0.15, 0.2) is 23.3 Å². The Morgan fingerprint density at radius 1 is 1.10 bits per heavy atom. The summed E-state index contributed by atoms with van der Waals surface area (Å²) in [5, 5.41) is 0. The molecule has 0 aliphatic heterocycles. The van der Waals surface area contributed by atoms with Crippen molar-refractivity contribution in [2.75, 3.05) is 13.7 Å². The van der Waals surface area contributed by atoms with Crippen molar-refractivity contribution in [1.82, 2.24) is 0 Å². The molecule has 0 heterocycles. The second kappa shape index (κ2) is 10.6. The van der Waals surface area contributed by atoms with E-state index in [1.54, 1.807) is 6.08 Å². The van der Waals surface area contributed by atoms with E-state index in [2.05, 4.69) is 17.7 Å². The summed E-state index contributed by atoms with van der Waals surface area (Å²) in [4.78, 5) is 11.1. The fourth-order valence-corrected chi connectivity index (χ4v) is 2.60. The van der Waals surface area contributed by atoms with E-state index in [1.807, 2.05) is 6.92 Å². The van der Waals surface area contributed by atoms with Crippen LogP contribution in [0.1, 0.15) is 65.2 Å². The Hall–Kier alpha value is -1.09. The first-order valence-electron chi connectivity index (χ1n) is 8.14. The SMILES string of the molecule is COC(=O)C=C(C)CCC=C(C)CCOC1CCCCC1. The van der Waals surface area contributed by atoms with Gasteiger partial charge in [0.1, 0.15) is 0 Å². The van der Waals surface area contributed by atoms with E-state index in [4.69, 9.17) is 4.74 Å². The molecule has 1 rings (SSSR count). The normalized spacial score (nSPS) is 17.9. The summed E-state index contributed by atoms with van der Waals surface area (Å²) < 4.78 is 10.5. The van der Waals surface area contributed by atoms with Gasteiger partial charge in [-0.2, -0.15) is 0 Å². The van der Waals surface area contributed by atoms with Crippen LogP contribution in [0.3, 0.4) is 0 Å². The lowest BCUT2D eigenvalue weighted by Gasteiger charge is -2.22. The first-order valence-corrected chi connectivity index (χ1v) is 8.14. The van der Waals surface area contributed by atoms with Gasteiger partial charge in [0.15, 0.2) is 0 Å². The second-order valence-electron chi connectivity index (χ2n) is 5.98. The highest BCUT2D eigenvalue weighted by Gasteiger charge is 2.12. The Bertz CT molecular complexity index is 363. The van der Waals surface area contributed by atoms with Crippen LogP contribution in [0.5, 0.6) is 0 Å². The first-order chi connectivity index (χ1) is 10.1. The van der Waals surface area contributed by atoms with Crippen molar-refractivity contribution in [2.24, 2.45) is 0 Å². The molecule has 0 bridgehead atoms. The summed E-state index contributed by atoms with van der Waals surface area (Å²) in [5.41, 5.74) is 2.43. The number of methoxy groups -OCH3 is 1. The van der Waals surface area contributed by atoms with Crippen molar-refractivity contribution >= 4 is 5.97 Å². The van der Waals surface area contributed by atoms with E-state index < -0.39 is 0 Å². The van der Waals surface area contributed by atoms with Crippen molar-refractivity contribution < 1.29 is 14.3 Å². The average molecular weight is 294 g/mol. The highest BCUT2D eigenvalue weighted by Crippen LogP contribution is 2.20.